The van der Waals surface area contributed by atoms with Crippen molar-refractivity contribution in [3.8, 4) is 11.5 Å². The molecule has 1 heterocycles. The fraction of sp³-hybridized carbons (Fsp3) is 0.520. The van der Waals surface area contributed by atoms with E-state index in [4.69, 9.17) is 33.2 Å². The van der Waals surface area contributed by atoms with Crippen molar-refractivity contribution in [2.75, 3.05) is 41.5 Å². The van der Waals surface area contributed by atoms with E-state index in [1.165, 1.54) is 5.56 Å². The van der Waals surface area contributed by atoms with Crippen LogP contribution in [0.25, 0.3) is 0 Å². The van der Waals surface area contributed by atoms with E-state index in [1.807, 2.05) is 36.4 Å². The van der Waals surface area contributed by atoms with Crippen molar-refractivity contribution < 1.29 is 33.2 Å². The van der Waals surface area contributed by atoms with Crippen molar-refractivity contribution >= 4 is 0 Å². The lowest BCUT2D eigenvalue weighted by Crippen LogP contribution is -2.34. The third-order valence-electron chi connectivity index (χ3n) is 5.37. The Labute approximate surface area is 190 Å². The Bertz CT molecular complexity index is 783. The van der Waals surface area contributed by atoms with Crippen molar-refractivity contribution in [2.45, 2.75) is 44.2 Å². The van der Waals surface area contributed by atoms with Gasteiger partial charge in [0, 0.05) is 33.7 Å². The molecule has 1 aliphatic heterocycles. The first-order valence-corrected chi connectivity index (χ1v) is 10.9. The van der Waals surface area contributed by atoms with Gasteiger partial charge in [-0.15, -0.1) is 0 Å². The molecule has 3 rings (SSSR count). The first kappa shape index (κ1) is 24.5. The molecule has 0 amide bonds. The van der Waals surface area contributed by atoms with Crippen molar-refractivity contribution in [1.29, 1.82) is 0 Å². The van der Waals surface area contributed by atoms with Gasteiger partial charge in [0.15, 0.2) is 18.3 Å². The molecular weight excluding hydrogens is 412 g/mol. The van der Waals surface area contributed by atoms with Gasteiger partial charge in [-0.3, -0.25) is 0 Å². The van der Waals surface area contributed by atoms with Crippen LogP contribution in [0.15, 0.2) is 48.5 Å². The summed E-state index contributed by atoms with van der Waals surface area (Å²) < 4.78 is 39.4. The van der Waals surface area contributed by atoms with Crippen LogP contribution in [0.5, 0.6) is 11.5 Å². The fourth-order valence-corrected chi connectivity index (χ4v) is 3.78. The summed E-state index contributed by atoms with van der Waals surface area (Å²) in [4.78, 5) is 0. The predicted octanol–water partition coefficient (Wildman–Crippen LogP) is 4.49. The van der Waals surface area contributed by atoms with Crippen molar-refractivity contribution in [3.63, 3.8) is 0 Å². The number of rotatable bonds is 13. The standard InChI is InChI=1S/C25H34O7/c1-26-17-30-22-14-21(11-12-29-16-19-7-5-4-6-8-19)32-24(15-22)20-9-10-23(31-18-27-2)25(13-20)28-3/h4-10,13,21-22,24H,11-12,14-18H2,1-3H3/t21-,22-,24-/m1/s1. The summed E-state index contributed by atoms with van der Waals surface area (Å²) in [6.45, 7) is 1.65. The largest absolute Gasteiger partial charge is 0.493 e. The molecule has 1 saturated heterocycles. The first-order valence-electron chi connectivity index (χ1n) is 10.9. The molecule has 2 aromatic carbocycles. The van der Waals surface area contributed by atoms with Gasteiger partial charge < -0.3 is 33.2 Å². The van der Waals surface area contributed by atoms with Crippen molar-refractivity contribution in [2.24, 2.45) is 0 Å². The molecule has 0 N–H and O–H groups in total. The van der Waals surface area contributed by atoms with E-state index in [1.54, 1.807) is 21.3 Å². The molecule has 7 nitrogen and oxygen atoms in total. The van der Waals surface area contributed by atoms with E-state index in [-0.39, 0.29) is 31.9 Å². The fourth-order valence-electron chi connectivity index (χ4n) is 3.78. The zero-order valence-electron chi connectivity index (χ0n) is 19.2. The Morgan fingerprint density at radius 2 is 1.72 bits per heavy atom. The Morgan fingerprint density at radius 3 is 2.47 bits per heavy atom. The second kappa shape index (κ2) is 13.4. The van der Waals surface area contributed by atoms with E-state index in [2.05, 4.69) is 12.1 Å². The molecule has 7 heteroatoms. The summed E-state index contributed by atoms with van der Waals surface area (Å²) in [6, 6.07) is 16.0. The maximum absolute atomic E-state index is 6.43. The van der Waals surface area contributed by atoms with Gasteiger partial charge in [-0.25, -0.2) is 0 Å². The third-order valence-corrected chi connectivity index (χ3v) is 5.37. The van der Waals surface area contributed by atoms with Crippen molar-refractivity contribution in [1.82, 2.24) is 0 Å². The lowest BCUT2D eigenvalue weighted by Gasteiger charge is -2.35. The Hall–Kier alpha value is -2.16. The van der Waals surface area contributed by atoms with E-state index < -0.39 is 0 Å². The molecule has 0 aromatic heterocycles. The molecule has 1 fully saturated rings. The highest BCUT2D eigenvalue weighted by Gasteiger charge is 2.31. The molecule has 1 aliphatic rings. The van der Waals surface area contributed by atoms with Gasteiger partial charge in [0.25, 0.3) is 0 Å². The lowest BCUT2D eigenvalue weighted by molar-refractivity contribution is -0.153. The van der Waals surface area contributed by atoms with E-state index in [0.29, 0.717) is 24.7 Å². The zero-order valence-corrected chi connectivity index (χ0v) is 19.2. The van der Waals surface area contributed by atoms with Crippen LogP contribution in [0, 0.1) is 0 Å². The summed E-state index contributed by atoms with van der Waals surface area (Å²) in [5, 5.41) is 0. The molecule has 0 unspecified atom stereocenters. The SMILES string of the molecule is COCOc1ccc([C@H]2C[C@H](OCOC)C[C@@H](CCOCc3ccccc3)O2)cc1OC. The normalized spacial score (nSPS) is 20.8. The van der Waals surface area contributed by atoms with Gasteiger partial charge in [-0.1, -0.05) is 36.4 Å². The van der Waals surface area contributed by atoms with Crippen LogP contribution in [0.3, 0.4) is 0 Å². The molecule has 0 saturated carbocycles. The molecule has 0 bridgehead atoms. The van der Waals surface area contributed by atoms with E-state index >= 15 is 0 Å². The molecular formula is C25H34O7. The maximum atomic E-state index is 6.43. The maximum Gasteiger partial charge on any atom is 0.188 e. The second-order valence-electron chi connectivity index (χ2n) is 7.70. The molecule has 0 spiro atoms. The molecule has 176 valence electrons. The monoisotopic (exact) mass is 446 g/mol. The number of hydrogen-bond acceptors (Lipinski definition) is 7. The van der Waals surface area contributed by atoms with Crippen LogP contribution in [0.2, 0.25) is 0 Å². The van der Waals surface area contributed by atoms with Gasteiger partial charge in [0.05, 0.1) is 32.0 Å². The topological polar surface area (TPSA) is 64.6 Å². The predicted molar refractivity (Wildman–Crippen MR) is 120 cm³/mol. The van der Waals surface area contributed by atoms with Gasteiger partial charge in [0.2, 0.25) is 0 Å². The first-order chi connectivity index (χ1) is 15.7. The number of hydrogen-bond donors (Lipinski definition) is 0. The highest BCUT2D eigenvalue weighted by molar-refractivity contribution is 5.43. The van der Waals surface area contributed by atoms with Crippen molar-refractivity contribution in [3.05, 3.63) is 59.7 Å². The minimum absolute atomic E-state index is 0.0294. The van der Waals surface area contributed by atoms with Crippen LogP contribution < -0.4 is 9.47 Å². The van der Waals surface area contributed by atoms with Gasteiger partial charge in [-0.05, 0) is 29.7 Å². The molecule has 3 atom stereocenters. The van der Waals surface area contributed by atoms with Gasteiger partial charge in [-0.2, -0.15) is 0 Å². The zero-order chi connectivity index (χ0) is 22.6. The number of ether oxygens (including phenoxy) is 7. The molecule has 32 heavy (non-hydrogen) atoms. The van der Waals surface area contributed by atoms with Gasteiger partial charge in [0.1, 0.15) is 6.79 Å². The Morgan fingerprint density at radius 1 is 0.906 bits per heavy atom. The van der Waals surface area contributed by atoms with E-state index in [0.717, 1.165) is 24.8 Å². The quantitative estimate of drug-likeness (QED) is 0.332. The second-order valence-corrected chi connectivity index (χ2v) is 7.70. The molecule has 0 aliphatic carbocycles. The Kier molecular flexibility index (Phi) is 10.3. The summed E-state index contributed by atoms with van der Waals surface area (Å²) in [5.41, 5.74) is 2.19. The highest BCUT2D eigenvalue weighted by Crippen LogP contribution is 2.38. The molecule has 0 radical (unpaired) electrons. The summed E-state index contributed by atoms with van der Waals surface area (Å²) in [5.74, 6) is 1.28. The minimum Gasteiger partial charge on any atom is -0.493 e. The Balaban J connectivity index is 1.61. The minimum atomic E-state index is -0.116. The van der Waals surface area contributed by atoms with Crippen LogP contribution in [-0.2, 0) is 30.3 Å². The van der Waals surface area contributed by atoms with Crippen LogP contribution in [0.4, 0.5) is 0 Å². The number of benzene rings is 2. The van der Waals surface area contributed by atoms with Crippen LogP contribution >= 0.6 is 0 Å². The summed E-state index contributed by atoms with van der Waals surface area (Å²) >= 11 is 0. The van der Waals surface area contributed by atoms with Crippen LogP contribution in [0.1, 0.15) is 36.5 Å². The molecule has 2 aromatic rings. The summed E-state index contributed by atoms with van der Waals surface area (Å²) in [7, 11) is 4.84. The highest BCUT2D eigenvalue weighted by atomic mass is 16.7. The lowest BCUT2D eigenvalue weighted by atomic mass is 9.94. The van der Waals surface area contributed by atoms with Crippen LogP contribution in [-0.4, -0.2) is 53.7 Å². The average Bonchev–Trinajstić information content (AvgIpc) is 2.84. The smallest absolute Gasteiger partial charge is 0.188 e. The van der Waals surface area contributed by atoms with E-state index in [9.17, 15) is 0 Å². The number of methoxy groups -OCH3 is 3. The third kappa shape index (κ3) is 7.46. The summed E-state index contributed by atoms with van der Waals surface area (Å²) in [6.07, 6.45) is 2.30. The van der Waals surface area contributed by atoms with Gasteiger partial charge >= 0.3 is 0 Å². The average molecular weight is 447 g/mol.